The fourth-order valence-corrected chi connectivity index (χ4v) is 4.36. The molecule has 0 bridgehead atoms. The van der Waals surface area contributed by atoms with E-state index in [4.69, 9.17) is 19.4 Å². The Balaban J connectivity index is 0.000000978. The maximum absolute atomic E-state index is 14.6. The van der Waals surface area contributed by atoms with Crippen LogP contribution in [0.3, 0.4) is 0 Å². The first-order chi connectivity index (χ1) is 20.0. The molecule has 0 saturated carbocycles. The fourth-order valence-electron chi connectivity index (χ4n) is 4.36. The van der Waals surface area contributed by atoms with Gasteiger partial charge in [0.2, 0.25) is 6.43 Å². The highest BCUT2D eigenvalue weighted by Gasteiger charge is 2.36. The van der Waals surface area contributed by atoms with E-state index in [0.29, 0.717) is 38.2 Å². The Bertz CT molecular complexity index is 1170. The van der Waals surface area contributed by atoms with Gasteiger partial charge in [0.15, 0.2) is 5.69 Å². The second kappa shape index (κ2) is 19.3. The summed E-state index contributed by atoms with van der Waals surface area (Å²) in [7, 11) is 1.62. The van der Waals surface area contributed by atoms with E-state index in [0.717, 1.165) is 12.5 Å². The zero-order valence-electron chi connectivity index (χ0n) is 24.0. The molecule has 42 heavy (non-hydrogen) atoms. The lowest BCUT2D eigenvalue weighted by Gasteiger charge is -2.38. The van der Waals surface area contributed by atoms with Gasteiger partial charge in [0, 0.05) is 51.4 Å². The van der Waals surface area contributed by atoms with Crippen molar-refractivity contribution >= 4 is 18.0 Å². The minimum absolute atomic E-state index is 0.127. The summed E-state index contributed by atoms with van der Waals surface area (Å²) in [6, 6.07) is 5.81. The second-order valence-corrected chi connectivity index (χ2v) is 9.82. The summed E-state index contributed by atoms with van der Waals surface area (Å²) >= 11 is 0. The molecule has 1 amide bonds. The number of rotatable bonds is 12. The van der Waals surface area contributed by atoms with Crippen LogP contribution in [-0.4, -0.2) is 88.8 Å². The third-order valence-electron chi connectivity index (χ3n) is 6.21. The van der Waals surface area contributed by atoms with Crippen LogP contribution in [0.15, 0.2) is 36.9 Å². The molecule has 232 valence electrons. The number of para-hydroxylation sites is 1. The molecular formula is C28H38F3N5O6. The van der Waals surface area contributed by atoms with E-state index in [9.17, 15) is 22.8 Å². The molecule has 0 radical (unpaired) electrons. The molecule has 1 aromatic carbocycles. The van der Waals surface area contributed by atoms with Crippen LogP contribution in [0, 0.1) is 17.7 Å². The van der Waals surface area contributed by atoms with Gasteiger partial charge in [-0.1, -0.05) is 37.8 Å². The van der Waals surface area contributed by atoms with Crippen LogP contribution in [0.2, 0.25) is 0 Å². The molecular weight excluding hydrogens is 559 g/mol. The first-order valence-electron chi connectivity index (χ1n) is 13.3. The van der Waals surface area contributed by atoms with E-state index < -0.39 is 24.1 Å². The number of hydrogen-bond donors (Lipinski definition) is 2. The fraction of sp³-hybridized carbons (Fsp3) is 0.536. The number of carbonyl (C=O) groups excluding carboxylic acids is 3. The topological polar surface area (TPSA) is 144 Å². The normalized spacial score (nSPS) is 16.0. The van der Waals surface area contributed by atoms with Gasteiger partial charge in [-0.25, -0.2) is 22.6 Å². The van der Waals surface area contributed by atoms with Crippen molar-refractivity contribution in [3.05, 3.63) is 54.1 Å². The number of halogens is 3. The lowest BCUT2D eigenvalue weighted by atomic mass is 9.94. The number of nitrogens with zero attached hydrogens (tertiary/aromatic N) is 4. The van der Waals surface area contributed by atoms with Crippen LogP contribution in [0.4, 0.5) is 13.2 Å². The molecule has 2 aromatic rings. The number of methoxy groups -OCH3 is 1. The van der Waals surface area contributed by atoms with Crippen molar-refractivity contribution in [3.8, 4) is 5.69 Å². The Labute approximate surface area is 242 Å². The van der Waals surface area contributed by atoms with Crippen molar-refractivity contribution in [2.75, 3.05) is 33.4 Å². The molecule has 1 aliphatic heterocycles. The molecule has 2 N–H and O–H groups in total. The van der Waals surface area contributed by atoms with Crippen LogP contribution in [0.25, 0.3) is 5.69 Å². The zero-order valence-corrected chi connectivity index (χ0v) is 24.0. The molecule has 3 rings (SSSR count). The highest BCUT2D eigenvalue weighted by atomic mass is 19.3. The number of amides is 1. The molecule has 0 unspecified atom stereocenters. The van der Waals surface area contributed by atoms with Gasteiger partial charge in [0.1, 0.15) is 11.5 Å². The minimum atomic E-state index is -2.45. The Kier molecular flexibility index (Phi) is 16.6. The van der Waals surface area contributed by atoms with Crippen LogP contribution in [0.5, 0.6) is 0 Å². The first-order valence-corrected chi connectivity index (χ1v) is 13.3. The second-order valence-electron chi connectivity index (χ2n) is 9.82. The third kappa shape index (κ3) is 11.6. The van der Waals surface area contributed by atoms with Gasteiger partial charge in [-0.15, -0.1) is 5.10 Å². The van der Waals surface area contributed by atoms with Gasteiger partial charge >= 0.3 is 12.1 Å². The maximum atomic E-state index is 14.6. The van der Waals surface area contributed by atoms with Gasteiger partial charge < -0.3 is 20.1 Å². The van der Waals surface area contributed by atoms with E-state index in [1.54, 1.807) is 30.2 Å². The molecule has 14 heteroatoms. The number of aliphatic carboxylic acids is 1. The summed E-state index contributed by atoms with van der Waals surface area (Å²) in [6.07, 6.45) is 0.741. The lowest BCUT2D eigenvalue weighted by molar-refractivity contribution is -0.191. The summed E-state index contributed by atoms with van der Waals surface area (Å²) in [4.78, 5) is 40.9. The SMILES string of the molecule is C=CC(=O)O.COCCCCc1c(C(=O)N(CC(C)C)[C@@H]2CNC[C@H](C(F)F)C2)nnn1-c1ccccc1F.O=C=O. The Morgan fingerprint density at radius 3 is 2.45 bits per heavy atom. The van der Waals surface area contributed by atoms with Crippen molar-refractivity contribution in [1.29, 1.82) is 0 Å². The van der Waals surface area contributed by atoms with Crippen molar-refractivity contribution in [2.45, 2.75) is 52.0 Å². The third-order valence-corrected chi connectivity index (χ3v) is 6.21. The predicted octanol–water partition coefficient (Wildman–Crippen LogP) is 3.39. The van der Waals surface area contributed by atoms with Crippen LogP contribution >= 0.6 is 0 Å². The summed E-state index contributed by atoms with van der Waals surface area (Å²) in [6.45, 7) is 8.54. The monoisotopic (exact) mass is 597 g/mol. The molecule has 1 fully saturated rings. The largest absolute Gasteiger partial charge is 0.478 e. The smallest absolute Gasteiger partial charge is 0.373 e. The molecule has 2 heterocycles. The summed E-state index contributed by atoms with van der Waals surface area (Å²) in [5, 5.41) is 18.9. The molecule has 1 saturated heterocycles. The van der Waals surface area contributed by atoms with Crippen molar-refractivity contribution in [3.63, 3.8) is 0 Å². The summed E-state index contributed by atoms with van der Waals surface area (Å²) in [5.41, 5.74) is 0.859. The average molecular weight is 598 g/mol. The van der Waals surface area contributed by atoms with E-state index in [1.165, 1.54) is 10.7 Å². The number of benzene rings is 1. The number of aromatic nitrogens is 3. The minimum Gasteiger partial charge on any atom is -0.478 e. The summed E-state index contributed by atoms with van der Waals surface area (Å²) < 4.78 is 47.9. The Hall–Kier alpha value is -3.87. The number of piperidine rings is 1. The lowest BCUT2D eigenvalue weighted by Crippen LogP contribution is -2.53. The number of ether oxygens (including phenoxy) is 1. The van der Waals surface area contributed by atoms with Gasteiger partial charge in [-0.3, -0.25) is 4.79 Å². The number of hydrogen-bond acceptors (Lipinski definition) is 8. The number of carboxylic acids is 1. The van der Waals surface area contributed by atoms with Crippen molar-refractivity contribution < 1.29 is 42.2 Å². The average Bonchev–Trinajstić information content (AvgIpc) is 3.38. The Morgan fingerprint density at radius 2 is 1.90 bits per heavy atom. The van der Waals surface area contributed by atoms with Gasteiger partial charge in [0.05, 0.1) is 5.69 Å². The first kappa shape index (κ1) is 36.2. The number of carbonyl (C=O) groups is 2. The van der Waals surface area contributed by atoms with E-state index in [2.05, 4.69) is 22.2 Å². The van der Waals surface area contributed by atoms with E-state index in [-0.39, 0.29) is 48.4 Å². The number of nitrogens with one attached hydrogen (secondary N) is 1. The van der Waals surface area contributed by atoms with Gasteiger partial charge in [0.25, 0.3) is 5.91 Å². The number of unbranched alkanes of at least 4 members (excludes halogenated alkanes) is 1. The van der Waals surface area contributed by atoms with Crippen LogP contribution < -0.4 is 5.32 Å². The maximum Gasteiger partial charge on any atom is 0.373 e. The van der Waals surface area contributed by atoms with Crippen LogP contribution in [0.1, 0.15) is 49.3 Å². The number of carboxylic acid groups (broad SMARTS) is 1. The Morgan fingerprint density at radius 1 is 1.26 bits per heavy atom. The molecule has 11 nitrogen and oxygen atoms in total. The van der Waals surface area contributed by atoms with Crippen molar-refractivity contribution in [2.24, 2.45) is 11.8 Å². The predicted molar refractivity (Wildman–Crippen MR) is 146 cm³/mol. The molecule has 2 atom stereocenters. The molecule has 0 aliphatic carbocycles. The van der Waals surface area contributed by atoms with Crippen LogP contribution in [-0.2, 0) is 25.5 Å². The summed E-state index contributed by atoms with van der Waals surface area (Å²) in [5.74, 6) is -2.50. The van der Waals surface area contributed by atoms with Crippen molar-refractivity contribution in [1.82, 2.24) is 25.2 Å². The highest BCUT2D eigenvalue weighted by molar-refractivity contribution is 5.93. The quantitative estimate of drug-likeness (QED) is 0.278. The van der Waals surface area contributed by atoms with E-state index in [1.807, 2.05) is 13.8 Å². The van der Waals surface area contributed by atoms with Gasteiger partial charge in [-0.2, -0.15) is 9.59 Å². The molecule has 0 spiro atoms. The molecule has 1 aliphatic rings. The molecule has 1 aromatic heterocycles. The van der Waals surface area contributed by atoms with E-state index >= 15 is 0 Å². The highest BCUT2D eigenvalue weighted by Crippen LogP contribution is 2.25. The zero-order chi connectivity index (χ0) is 31.7. The standard InChI is InChI=1S/C24H34F3N5O2.C3H4O2.CO2/c1-16(2)15-31(18-12-17(23(26)27)13-28-14-18)24(33)22-21(10-6-7-11-34-3)32(30-29-22)20-9-5-4-8-19(20)25;1-2-3(4)5;2-1-3/h4-5,8-9,16-18,23,28H,6-7,10-15H2,1-3H3;2H,1H2,(H,4,5);/t17-,18+;;/m1../s1. The number of alkyl halides is 2. The van der Waals surface area contributed by atoms with Gasteiger partial charge in [-0.05, 0) is 43.7 Å².